The van der Waals surface area contributed by atoms with Gasteiger partial charge in [-0.25, -0.2) is 9.78 Å². The van der Waals surface area contributed by atoms with Crippen LogP contribution < -0.4 is 24.6 Å². The van der Waals surface area contributed by atoms with Crippen LogP contribution in [0.1, 0.15) is 0 Å². The van der Waals surface area contributed by atoms with E-state index in [4.69, 9.17) is 19.2 Å². The number of nitrogens with zero attached hydrogens (tertiary/aromatic N) is 5. The molecule has 0 aliphatic carbocycles. The summed E-state index contributed by atoms with van der Waals surface area (Å²) >= 11 is 0. The van der Waals surface area contributed by atoms with Crippen molar-refractivity contribution in [1.29, 1.82) is 0 Å². The van der Waals surface area contributed by atoms with E-state index in [1.54, 1.807) is 18.3 Å². The summed E-state index contributed by atoms with van der Waals surface area (Å²) in [5.41, 5.74) is 0.692. The van der Waals surface area contributed by atoms with Gasteiger partial charge in [-0.3, -0.25) is 0 Å². The molecule has 1 aromatic heterocycles. The highest BCUT2D eigenvalue weighted by atomic mass is 16.7. The quantitative estimate of drug-likeness (QED) is 0.809. The summed E-state index contributed by atoms with van der Waals surface area (Å²) < 4.78 is 16.1. The first kappa shape index (κ1) is 18.7. The Hall–Kier alpha value is -3.27. The number of carbonyl (C=O) groups is 1. The predicted octanol–water partition coefficient (Wildman–Crippen LogP) is 1.40. The number of ether oxygens (including phenoxy) is 3. The molecule has 0 atom stereocenters. The monoisotopic (exact) mass is 412 g/mol. The fraction of sp³-hybridized carbons (Fsp3) is 0.450. The number of carbonyl (C=O) groups excluding carboxylic acids is 1. The van der Waals surface area contributed by atoms with E-state index < -0.39 is 0 Å². The van der Waals surface area contributed by atoms with Gasteiger partial charge in [-0.1, -0.05) is 0 Å². The maximum Gasteiger partial charge on any atom is 0.321 e. The van der Waals surface area contributed by atoms with Crippen molar-refractivity contribution >= 4 is 23.5 Å². The first-order chi connectivity index (χ1) is 14.8. The van der Waals surface area contributed by atoms with Crippen molar-refractivity contribution in [2.45, 2.75) is 0 Å². The molecule has 1 aromatic carbocycles. The summed E-state index contributed by atoms with van der Waals surface area (Å²) in [4.78, 5) is 27.9. The molecule has 3 aliphatic heterocycles. The fourth-order valence-corrected chi connectivity index (χ4v) is 3.75. The van der Waals surface area contributed by atoms with Crippen molar-refractivity contribution in [2.24, 2.45) is 0 Å². The van der Waals surface area contributed by atoms with Crippen LogP contribution in [0.15, 0.2) is 30.5 Å². The molecule has 0 unspecified atom stereocenters. The maximum atomic E-state index is 12.7. The lowest BCUT2D eigenvalue weighted by atomic mass is 10.2. The Bertz CT molecular complexity index is 912. The maximum absolute atomic E-state index is 12.7. The van der Waals surface area contributed by atoms with Crippen molar-refractivity contribution in [3.05, 3.63) is 30.5 Å². The van der Waals surface area contributed by atoms with Gasteiger partial charge >= 0.3 is 6.03 Å². The molecule has 2 amide bonds. The molecular formula is C20H24N6O4. The SMILES string of the molecule is O=C(Nc1ccc2c(c1)OCO2)N1CCN(c2ccnc(N3CCOCC3)n2)CC1. The van der Waals surface area contributed by atoms with E-state index in [-0.39, 0.29) is 12.8 Å². The molecule has 1 N–H and O–H groups in total. The zero-order chi connectivity index (χ0) is 20.3. The number of benzene rings is 1. The molecule has 3 aliphatic rings. The summed E-state index contributed by atoms with van der Waals surface area (Å²) in [5, 5.41) is 2.94. The van der Waals surface area contributed by atoms with E-state index >= 15 is 0 Å². The van der Waals surface area contributed by atoms with Crippen molar-refractivity contribution in [3.8, 4) is 11.5 Å². The van der Waals surface area contributed by atoms with Crippen LogP contribution >= 0.6 is 0 Å². The number of aromatic nitrogens is 2. The first-order valence-corrected chi connectivity index (χ1v) is 10.1. The van der Waals surface area contributed by atoms with Gasteiger partial charge in [0.25, 0.3) is 0 Å². The first-order valence-electron chi connectivity index (χ1n) is 10.1. The van der Waals surface area contributed by atoms with E-state index in [0.717, 1.165) is 24.9 Å². The Balaban J connectivity index is 1.17. The third-order valence-corrected chi connectivity index (χ3v) is 5.44. The smallest absolute Gasteiger partial charge is 0.321 e. The van der Waals surface area contributed by atoms with Gasteiger partial charge in [0, 0.05) is 57.2 Å². The number of nitrogens with one attached hydrogen (secondary N) is 1. The van der Waals surface area contributed by atoms with E-state index in [1.807, 2.05) is 17.0 Å². The molecular weight excluding hydrogens is 388 g/mol. The second-order valence-corrected chi connectivity index (χ2v) is 7.29. The number of rotatable bonds is 3. The van der Waals surface area contributed by atoms with Crippen LogP contribution in [0, 0.1) is 0 Å². The minimum absolute atomic E-state index is 0.120. The summed E-state index contributed by atoms with van der Waals surface area (Å²) in [6.45, 7) is 5.89. The average molecular weight is 412 g/mol. The number of amides is 2. The van der Waals surface area contributed by atoms with E-state index in [2.05, 4.69) is 20.1 Å². The van der Waals surface area contributed by atoms with Gasteiger partial charge in [0.1, 0.15) is 5.82 Å². The number of hydrogen-bond acceptors (Lipinski definition) is 8. The van der Waals surface area contributed by atoms with Gasteiger partial charge < -0.3 is 34.2 Å². The van der Waals surface area contributed by atoms with Crippen molar-refractivity contribution < 1.29 is 19.0 Å². The number of fused-ring (bicyclic) bond motifs is 1. The highest BCUT2D eigenvalue weighted by Gasteiger charge is 2.24. The lowest BCUT2D eigenvalue weighted by Gasteiger charge is -2.35. The number of piperazine rings is 1. The minimum Gasteiger partial charge on any atom is -0.454 e. The standard InChI is InChI=1S/C20H24N6O4/c27-20(22-15-1-2-16-17(13-15)30-14-29-16)26-7-5-24(6-8-26)18-3-4-21-19(23-18)25-9-11-28-12-10-25/h1-4,13H,5-12,14H2,(H,22,27). The molecule has 0 spiro atoms. The molecule has 30 heavy (non-hydrogen) atoms. The van der Waals surface area contributed by atoms with Gasteiger partial charge in [0.2, 0.25) is 12.7 Å². The highest BCUT2D eigenvalue weighted by Crippen LogP contribution is 2.34. The van der Waals surface area contributed by atoms with E-state index in [9.17, 15) is 4.79 Å². The number of urea groups is 1. The highest BCUT2D eigenvalue weighted by molar-refractivity contribution is 5.90. The van der Waals surface area contributed by atoms with Crippen LogP contribution in [-0.4, -0.2) is 80.2 Å². The molecule has 0 radical (unpaired) electrons. The summed E-state index contributed by atoms with van der Waals surface area (Å²) in [6, 6.07) is 7.20. The molecule has 4 heterocycles. The number of morpholine rings is 1. The largest absolute Gasteiger partial charge is 0.454 e. The summed E-state index contributed by atoms with van der Waals surface area (Å²) in [6.07, 6.45) is 1.80. The van der Waals surface area contributed by atoms with Gasteiger partial charge in [0.05, 0.1) is 13.2 Å². The molecule has 158 valence electrons. The predicted molar refractivity (Wildman–Crippen MR) is 110 cm³/mol. The second-order valence-electron chi connectivity index (χ2n) is 7.29. The molecule has 10 nitrogen and oxygen atoms in total. The van der Waals surface area contributed by atoms with Gasteiger partial charge in [-0.15, -0.1) is 0 Å². The summed E-state index contributed by atoms with van der Waals surface area (Å²) in [7, 11) is 0. The average Bonchev–Trinajstić information content (AvgIpc) is 3.28. The zero-order valence-corrected chi connectivity index (χ0v) is 16.6. The van der Waals surface area contributed by atoms with Crippen LogP contribution in [0.4, 0.5) is 22.2 Å². The zero-order valence-electron chi connectivity index (χ0n) is 16.6. The van der Waals surface area contributed by atoms with E-state index in [0.29, 0.717) is 56.6 Å². The molecule has 0 saturated carbocycles. The second kappa shape index (κ2) is 8.23. The molecule has 2 saturated heterocycles. The van der Waals surface area contributed by atoms with Crippen LogP contribution in [0.5, 0.6) is 11.5 Å². The van der Waals surface area contributed by atoms with E-state index in [1.165, 1.54) is 0 Å². The lowest BCUT2D eigenvalue weighted by molar-refractivity contribution is 0.122. The topological polar surface area (TPSA) is 92.3 Å². The van der Waals surface area contributed by atoms with Crippen molar-refractivity contribution in [1.82, 2.24) is 14.9 Å². The van der Waals surface area contributed by atoms with Gasteiger partial charge in [0.15, 0.2) is 11.5 Å². The van der Waals surface area contributed by atoms with Gasteiger partial charge in [-0.05, 0) is 18.2 Å². The number of hydrogen-bond donors (Lipinski definition) is 1. The Morgan fingerprint density at radius 3 is 2.57 bits per heavy atom. The molecule has 5 rings (SSSR count). The minimum atomic E-state index is -0.120. The Morgan fingerprint density at radius 1 is 0.933 bits per heavy atom. The third-order valence-electron chi connectivity index (χ3n) is 5.44. The van der Waals surface area contributed by atoms with Crippen molar-refractivity contribution in [3.63, 3.8) is 0 Å². The Morgan fingerprint density at radius 2 is 1.73 bits per heavy atom. The molecule has 2 aromatic rings. The molecule has 0 bridgehead atoms. The number of anilines is 3. The van der Waals surface area contributed by atoms with Crippen LogP contribution in [0.3, 0.4) is 0 Å². The summed E-state index contributed by atoms with van der Waals surface area (Å²) in [5.74, 6) is 2.97. The molecule has 10 heteroatoms. The van der Waals surface area contributed by atoms with Crippen LogP contribution in [0.2, 0.25) is 0 Å². The van der Waals surface area contributed by atoms with Gasteiger partial charge in [-0.2, -0.15) is 4.98 Å². The lowest BCUT2D eigenvalue weighted by Crippen LogP contribution is -2.50. The Kier molecular flexibility index (Phi) is 5.14. The molecule has 2 fully saturated rings. The normalized spacial score (nSPS) is 18.5. The van der Waals surface area contributed by atoms with Crippen LogP contribution in [0.25, 0.3) is 0 Å². The van der Waals surface area contributed by atoms with Crippen molar-refractivity contribution in [2.75, 3.05) is 74.4 Å². The fourth-order valence-electron chi connectivity index (χ4n) is 3.75. The third kappa shape index (κ3) is 3.90. The van der Waals surface area contributed by atoms with Crippen LogP contribution in [-0.2, 0) is 4.74 Å². The Labute approximate surface area is 174 Å².